The smallest absolute Gasteiger partial charge is 0.335 e. The van der Waals surface area contributed by atoms with Crippen LogP contribution in [0.2, 0.25) is 0 Å². The number of benzene rings is 1. The van der Waals surface area contributed by atoms with E-state index in [1.807, 2.05) is 6.07 Å². The molecule has 116 valence electrons. The molecule has 0 aromatic heterocycles. The first-order valence-electron chi connectivity index (χ1n) is 7.83. The summed E-state index contributed by atoms with van der Waals surface area (Å²) in [5.74, 6) is 0.160. The van der Waals surface area contributed by atoms with E-state index in [2.05, 4.69) is 11.8 Å². The molecule has 2 rings (SSSR count). The lowest BCUT2D eigenvalue weighted by Crippen LogP contribution is -2.31. The normalized spacial score (nSPS) is 18.0. The highest BCUT2D eigenvalue weighted by molar-refractivity contribution is 5.87. The number of nitrogens with zero attached hydrogens (tertiary/aromatic N) is 1. The van der Waals surface area contributed by atoms with E-state index >= 15 is 0 Å². The van der Waals surface area contributed by atoms with E-state index in [1.54, 1.807) is 18.2 Å². The average molecular weight is 291 g/mol. The van der Waals surface area contributed by atoms with E-state index in [1.165, 1.54) is 38.8 Å². The second kappa shape index (κ2) is 8.03. The second-order valence-electron chi connectivity index (χ2n) is 5.96. The zero-order chi connectivity index (χ0) is 15.1. The zero-order valence-corrected chi connectivity index (χ0v) is 12.8. The molecule has 1 aromatic carbocycles. The van der Waals surface area contributed by atoms with Crippen molar-refractivity contribution in [1.29, 1.82) is 0 Å². The van der Waals surface area contributed by atoms with Crippen molar-refractivity contribution in [1.82, 2.24) is 4.90 Å². The number of hydrogen-bond acceptors (Lipinski definition) is 3. The molecule has 1 fully saturated rings. The van der Waals surface area contributed by atoms with Crippen LogP contribution in [0.3, 0.4) is 0 Å². The fourth-order valence-electron chi connectivity index (χ4n) is 2.77. The number of aromatic carboxylic acids is 1. The lowest BCUT2D eigenvalue weighted by atomic mass is 10.1. The lowest BCUT2D eigenvalue weighted by Gasteiger charge is -2.24. The third kappa shape index (κ3) is 5.38. The summed E-state index contributed by atoms with van der Waals surface area (Å²) in [6, 6.07) is 6.69. The summed E-state index contributed by atoms with van der Waals surface area (Å²) in [6.07, 6.45) is 5.30. The van der Waals surface area contributed by atoms with Crippen LogP contribution in [-0.2, 0) is 0 Å². The molecule has 0 amide bonds. The summed E-state index contributed by atoms with van der Waals surface area (Å²) in [6.45, 7) is 6.25. The van der Waals surface area contributed by atoms with Crippen LogP contribution in [0.15, 0.2) is 24.3 Å². The van der Waals surface area contributed by atoms with Crippen LogP contribution < -0.4 is 4.74 Å². The minimum atomic E-state index is -0.918. The van der Waals surface area contributed by atoms with Gasteiger partial charge in [-0.25, -0.2) is 4.79 Å². The Morgan fingerprint density at radius 3 is 2.67 bits per heavy atom. The van der Waals surface area contributed by atoms with Crippen LogP contribution in [0.4, 0.5) is 0 Å². The fourth-order valence-corrected chi connectivity index (χ4v) is 2.77. The summed E-state index contributed by atoms with van der Waals surface area (Å²) < 4.78 is 5.74. The maximum Gasteiger partial charge on any atom is 0.335 e. The van der Waals surface area contributed by atoms with Crippen molar-refractivity contribution in [2.45, 2.75) is 32.6 Å². The van der Waals surface area contributed by atoms with Gasteiger partial charge in [-0.15, -0.1) is 0 Å². The first-order valence-corrected chi connectivity index (χ1v) is 7.83. The molecule has 0 spiro atoms. The monoisotopic (exact) mass is 291 g/mol. The topological polar surface area (TPSA) is 49.8 Å². The summed E-state index contributed by atoms with van der Waals surface area (Å²) in [7, 11) is 0. The highest BCUT2D eigenvalue weighted by Gasteiger charge is 2.13. The Hall–Kier alpha value is -1.55. The van der Waals surface area contributed by atoms with Gasteiger partial charge in [0.05, 0.1) is 12.2 Å². The van der Waals surface area contributed by atoms with Crippen LogP contribution in [-0.4, -0.2) is 42.2 Å². The first-order chi connectivity index (χ1) is 10.1. The van der Waals surface area contributed by atoms with Crippen molar-refractivity contribution in [3.63, 3.8) is 0 Å². The van der Waals surface area contributed by atoms with E-state index in [4.69, 9.17) is 9.84 Å². The Morgan fingerprint density at radius 2 is 2.00 bits per heavy atom. The summed E-state index contributed by atoms with van der Waals surface area (Å²) in [4.78, 5) is 13.4. The van der Waals surface area contributed by atoms with Crippen molar-refractivity contribution in [3.05, 3.63) is 29.8 Å². The Kier molecular flexibility index (Phi) is 6.05. The van der Waals surface area contributed by atoms with E-state index in [-0.39, 0.29) is 5.56 Å². The second-order valence-corrected chi connectivity index (χ2v) is 5.96. The number of likely N-dealkylation sites (tertiary alicyclic amines) is 1. The number of hydrogen-bond donors (Lipinski definition) is 1. The van der Waals surface area contributed by atoms with Gasteiger partial charge < -0.3 is 14.7 Å². The van der Waals surface area contributed by atoms with Gasteiger partial charge in [0.15, 0.2) is 0 Å². The summed E-state index contributed by atoms with van der Waals surface area (Å²) >= 11 is 0. The molecule has 0 aliphatic carbocycles. The van der Waals surface area contributed by atoms with Crippen molar-refractivity contribution in [2.24, 2.45) is 5.92 Å². The number of carboxylic acids is 1. The quantitative estimate of drug-likeness (QED) is 0.874. The van der Waals surface area contributed by atoms with Gasteiger partial charge in [0, 0.05) is 12.5 Å². The number of rotatable bonds is 6. The molecule has 1 aliphatic heterocycles. The molecule has 1 heterocycles. The van der Waals surface area contributed by atoms with Gasteiger partial charge in [-0.05, 0) is 44.1 Å². The molecule has 4 nitrogen and oxygen atoms in total. The van der Waals surface area contributed by atoms with Crippen LogP contribution >= 0.6 is 0 Å². The van der Waals surface area contributed by atoms with Crippen LogP contribution in [0.25, 0.3) is 0 Å². The molecule has 0 saturated carbocycles. The van der Waals surface area contributed by atoms with Crippen LogP contribution in [0, 0.1) is 5.92 Å². The standard InChI is InChI=1S/C17H25NO3/c1-14(12-18-9-4-2-3-5-10-18)13-21-16-8-6-7-15(11-16)17(19)20/h6-8,11,14H,2-5,9-10,12-13H2,1H3,(H,19,20). The van der Waals surface area contributed by atoms with Crippen LogP contribution in [0.5, 0.6) is 5.75 Å². The van der Waals surface area contributed by atoms with Crippen LogP contribution in [0.1, 0.15) is 43.0 Å². The minimum absolute atomic E-state index is 0.271. The molecule has 1 aromatic rings. The fraction of sp³-hybridized carbons (Fsp3) is 0.588. The maximum atomic E-state index is 10.9. The van der Waals surface area contributed by atoms with Crippen molar-refractivity contribution in [3.8, 4) is 5.75 Å². The molecule has 21 heavy (non-hydrogen) atoms. The maximum absolute atomic E-state index is 10.9. The van der Waals surface area contributed by atoms with Gasteiger partial charge in [0.1, 0.15) is 5.75 Å². The molecule has 1 saturated heterocycles. The third-order valence-electron chi connectivity index (χ3n) is 3.88. The van der Waals surface area contributed by atoms with Gasteiger partial charge >= 0.3 is 5.97 Å². The summed E-state index contributed by atoms with van der Waals surface area (Å²) in [5, 5.41) is 8.97. The molecular formula is C17H25NO3. The summed E-state index contributed by atoms with van der Waals surface area (Å²) in [5.41, 5.74) is 0.271. The molecule has 1 aliphatic rings. The molecule has 1 atom stereocenters. The predicted molar refractivity (Wildman–Crippen MR) is 83.0 cm³/mol. The predicted octanol–water partition coefficient (Wildman–Crippen LogP) is 3.28. The molecule has 1 N–H and O–H groups in total. The van der Waals surface area contributed by atoms with Crippen molar-refractivity contribution in [2.75, 3.05) is 26.2 Å². The Balaban J connectivity index is 1.79. The largest absolute Gasteiger partial charge is 0.493 e. The van der Waals surface area contributed by atoms with E-state index in [0.29, 0.717) is 18.3 Å². The highest BCUT2D eigenvalue weighted by Crippen LogP contribution is 2.16. The van der Waals surface area contributed by atoms with Gasteiger partial charge in [0.25, 0.3) is 0 Å². The van der Waals surface area contributed by atoms with Crippen molar-refractivity contribution >= 4 is 5.97 Å². The highest BCUT2D eigenvalue weighted by atomic mass is 16.5. The molecule has 1 unspecified atom stereocenters. The first kappa shape index (κ1) is 15.8. The molecular weight excluding hydrogens is 266 g/mol. The average Bonchev–Trinajstić information content (AvgIpc) is 2.74. The Bertz CT molecular complexity index is 453. The molecule has 0 radical (unpaired) electrons. The van der Waals surface area contributed by atoms with Gasteiger partial charge in [-0.1, -0.05) is 25.8 Å². The minimum Gasteiger partial charge on any atom is -0.493 e. The Morgan fingerprint density at radius 1 is 1.29 bits per heavy atom. The van der Waals surface area contributed by atoms with E-state index < -0.39 is 5.97 Å². The third-order valence-corrected chi connectivity index (χ3v) is 3.88. The molecule has 0 bridgehead atoms. The van der Waals surface area contributed by atoms with E-state index in [0.717, 1.165) is 6.54 Å². The number of carbonyl (C=O) groups is 1. The zero-order valence-electron chi connectivity index (χ0n) is 12.8. The van der Waals surface area contributed by atoms with E-state index in [9.17, 15) is 4.79 Å². The van der Waals surface area contributed by atoms with Gasteiger partial charge in [-0.3, -0.25) is 0 Å². The van der Waals surface area contributed by atoms with Crippen molar-refractivity contribution < 1.29 is 14.6 Å². The molecule has 4 heteroatoms. The number of ether oxygens (including phenoxy) is 1. The van der Waals surface area contributed by atoms with Gasteiger partial charge in [-0.2, -0.15) is 0 Å². The number of carboxylic acid groups (broad SMARTS) is 1. The lowest BCUT2D eigenvalue weighted by molar-refractivity contribution is 0.0696. The van der Waals surface area contributed by atoms with Gasteiger partial charge in [0.2, 0.25) is 0 Å². The SMILES string of the molecule is CC(COc1cccc(C(=O)O)c1)CN1CCCCCC1. The Labute approximate surface area is 126 Å².